The maximum atomic E-state index is 12.6. The van der Waals surface area contributed by atoms with Crippen molar-refractivity contribution in [2.75, 3.05) is 13.1 Å². The topological polar surface area (TPSA) is 57.6 Å². The van der Waals surface area contributed by atoms with Gasteiger partial charge in [-0.05, 0) is 18.3 Å². The summed E-state index contributed by atoms with van der Waals surface area (Å²) < 4.78 is 0. The van der Waals surface area contributed by atoms with Crippen LogP contribution in [0.2, 0.25) is 0 Å². The summed E-state index contributed by atoms with van der Waals surface area (Å²) in [5, 5.41) is 8.79. The monoisotopic (exact) mass is 271 g/mol. The number of carbonyl (C=O) groups is 2. The van der Waals surface area contributed by atoms with Gasteiger partial charge in [-0.3, -0.25) is 9.59 Å². The second-order valence-electron chi connectivity index (χ2n) is 5.96. The Kier molecular flexibility index (Phi) is 8.44. The summed E-state index contributed by atoms with van der Waals surface area (Å²) in [7, 11) is 0. The maximum absolute atomic E-state index is 12.6. The summed E-state index contributed by atoms with van der Waals surface area (Å²) >= 11 is 0. The van der Waals surface area contributed by atoms with E-state index < -0.39 is 5.97 Å². The summed E-state index contributed by atoms with van der Waals surface area (Å²) in [4.78, 5) is 25.0. The van der Waals surface area contributed by atoms with Crippen molar-refractivity contribution in [3.05, 3.63) is 0 Å². The highest BCUT2D eigenvalue weighted by atomic mass is 16.4. The summed E-state index contributed by atoms with van der Waals surface area (Å²) in [5.74, 6) is -0.0680. The Balaban J connectivity index is 4.78. The normalized spacial score (nSPS) is 12.8. The van der Waals surface area contributed by atoms with Gasteiger partial charge in [-0.15, -0.1) is 0 Å². The van der Waals surface area contributed by atoms with Crippen LogP contribution in [0.4, 0.5) is 0 Å². The van der Waals surface area contributed by atoms with E-state index in [2.05, 4.69) is 20.8 Å². The molecule has 0 aromatic rings. The molecule has 1 atom stereocenters. The minimum absolute atomic E-state index is 0.0116. The van der Waals surface area contributed by atoms with E-state index in [4.69, 9.17) is 5.11 Å². The van der Waals surface area contributed by atoms with Crippen molar-refractivity contribution < 1.29 is 14.7 Å². The lowest BCUT2D eigenvalue weighted by molar-refractivity contribution is -0.141. The third kappa shape index (κ3) is 7.19. The van der Waals surface area contributed by atoms with Gasteiger partial charge < -0.3 is 10.0 Å². The molecule has 0 aromatic heterocycles. The van der Waals surface area contributed by atoms with E-state index in [0.29, 0.717) is 24.9 Å². The van der Waals surface area contributed by atoms with Gasteiger partial charge in [0.25, 0.3) is 0 Å². The molecular weight excluding hydrogens is 242 g/mol. The van der Waals surface area contributed by atoms with Gasteiger partial charge >= 0.3 is 5.97 Å². The molecule has 0 saturated heterocycles. The smallest absolute Gasteiger partial charge is 0.305 e. The van der Waals surface area contributed by atoms with Crippen LogP contribution < -0.4 is 0 Å². The Morgan fingerprint density at radius 1 is 1.16 bits per heavy atom. The fourth-order valence-electron chi connectivity index (χ4n) is 2.25. The van der Waals surface area contributed by atoms with Gasteiger partial charge in [0.05, 0.1) is 6.42 Å². The van der Waals surface area contributed by atoms with Gasteiger partial charge in [0.2, 0.25) is 5.91 Å². The Labute approximate surface area is 117 Å². The number of carbonyl (C=O) groups excluding carboxylic acids is 1. The molecule has 0 aliphatic heterocycles. The molecule has 0 fully saturated rings. The minimum atomic E-state index is -0.849. The van der Waals surface area contributed by atoms with Crippen LogP contribution in [0.5, 0.6) is 0 Å². The van der Waals surface area contributed by atoms with Crippen molar-refractivity contribution in [2.45, 2.75) is 53.9 Å². The number of rotatable bonds is 9. The van der Waals surface area contributed by atoms with Crippen LogP contribution in [-0.4, -0.2) is 35.0 Å². The molecule has 0 spiro atoms. The fraction of sp³-hybridized carbons (Fsp3) is 0.867. The molecule has 1 N–H and O–H groups in total. The quantitative estimate of drug-likeness (QED) is 0.701. The van der Waals surface area contributed by atoms with Gasteiger partial charge in [-0.25, -0.2) is 0 Å². The van der Waals surface area contributed by atoms with Crippen LogP contribution >= 0.6 is 0 Å². The summed E-state index contributed by atoms with van der Waals surface area (Å²) in [5.41, 5.74) is 0. The molecular formula is C15H29NO3. The van der Waals surface area contributed by atoms with Crippen molar-refractivity contribution in [3.63, 3.8) is 0 Å². The van der Waals surface area contributed by atoms with Gasteiger partial charge in [-0.2, -0.15) is 0 Å². The van der Waals surface area contributed by atoms with Crippen molar-refractivity contribution in [1.82, 2.24) is 4.90 Å². The zero-order chi connectivity index (χ0) is 15.0. The lowest BCUT2D eigenvalue weighted by Crippen LogP contribution is -2.41. The second-order valence-corrected chi connectivity index (χ2v) is 5.96. The highest BCUT2D eigenvalue weighted by Gasteiger charge is 2.26. The number of aliphatic carboxylic acids is 1. The molecule has 0 aromatic carbocycles. The SMILES string of the molecule is CCCC(C(=O)N(CCC(=O)O)CC(C)C)C(C)C. The summed E-state index contributed by atoms with van der Waals surface area (Å²) in [6, 6.07) is 0. The number of amides is 1. The molecule has 1 unspecified atom stereocenters. The number of nitrogens with zero attached hydrogens (tertiary/aromatic N) is 1. The molecule has 1 amide bonds. The van der Waals surface area contributed by atoms with Crippen LogP contribution in [0.25, 0.3) is 0 Å². The van der Waals surface area contributed by atoms with Crippen molar-refractivity contribution >= 4 is 11.9 Å². The molecule has 0 aliphatic rings. The van der Waals surface area contributed by atoms with Gasteiger partial charge in [0.1, 0.15) is 0 Å². The van der Waals surface area contributed by atoms with E-state index in [0.717, 1.165) is 12.8 Å². The first-order valence-corrected chi connectivity index (χ1v) is 7.30. The van der Waals surface area contributed by atoms with E-state index in [1.165, 1.54) is 0 Å². The van der Waals surface area contributed by atoms with E-state index in [1.807, 2.05) is 13.8 Å². The maximum Gasteiger partial charge on any atom is 0.305 e. The van der Waals surface area contributed by atoms with Crippen molar-refractivity contribution in [1.29, 1.82) is 0 Å². The first kappa shape index (κ1) is 17.9. The molecule has 0 heterocycles. The predicted octanol–water partition coefficient (Wildman–Crippen LogP) is 3.02. The number of carboxylic acids is 1. The molecule has 0 aliphatic carbocycles. The first-order valence-electron chi connectivity index (χ1n) is 7.30. The van der Waals surface area contributed by atoms with E-state index in [1.54, 1.807) is 4.90 Å². The molecule has 112 valence electrons. The number of hydrogen-bond acceptors (Lipinski definition) is 2. The minimum Gasteiger partial charge on any atom is -0.481 e. The lowest BCUT2D eigenvalue weighted by atomic mass is 9.89. The molecule has 0 radical (unpaired) electrons. The van der Waals surface area contributed by atoms with Crippen LogP contribution in [-0.2, 0) is 9.59 Å². The van der Waals surface area contributed by atoms with Crippen LogP contribution in [0, 0.1) is 17.8 Å². The van der Waals surface area contributed by atoms with Gasteiger partial charge in [-0.1, -0.05) is 41.0 Å². The Morgan fingerprint density at radius 3 is 2.11 bits per heavy atom. The first-order chi connectivity index (χ1) is 8.79. The Hall–Kier alpha value is -1.06. The van der Waals surface area contributed by atoms with Crippen molar-refractivity contribution in [2.24, 2.45) is 17.8 Å². The van der Waals surface area contributed by atoms with Gasteiger partial charge in [0, 0.05) is 19.0 Å². The molecule has 0 bridgehead atoms. The second kappa shape index (κ2) is 8.94. The number of carboxylic acid groups (broad SMARTS) is 1. The average Bonchev–Trinajstić information content (AvgIpc) is 2.29. The predicted molar refractivity (Wildman–Crippen MR) is 76.9 cm³/mol. The van der Waals surface area contributed by atoms with Crippen molar-refractivity contribution in [3.8, 4) is 0 Å². The fourth-order valence-corrected chi connectivity index (χ4v) is 2.25. The van der Waals surface area contributed by atoms with E-state index >= 15 is 0 Å². The molecule has 19 heavy (non-hydrogen) atoms. The standard InChI is InChI=1S/C15H29NO3/c1-6-7-13(12(4)5)15(19)16(10-11(2)3)9-8-14(17)18/h11-13H,6-10H2,1-5H3,(H,17,18). The summed E-state index contributed by atoms with van der Waals surface area (Å²) in [6.07, 6.45) is 1.87. The van der Waals surface area contributed by atoms with E-state index in [-0.39, 0.29) is 18.2 Å². The molecule has 4 heteroatoms. The largest absolute Gasteiger partial charge is 0.481 e. The third-order valence-electron chi connectivity index (χ3n) is 3.21. The zero-order valence-electron chi connectivity index (χ0n) is 13.0. The van der Waals surface area contributed by atoms with Crippen LogP contribution in [0.3, 0.4) is 0 Å². The molecule has 0 rings (SSSR count). The highest BCUT2D eigenvalue weighted by molar-refractivity contribution is 5.79. The highest BCUT2D eigenvalue weighted by Crippen LogP contribution is 2.21. The zero-order valence-corrected chi connectivity index (χ0v) is 13.0. The molecule has 4 nitrogen and oxygen atoms in total. The van der Waals surface area contributed by atoms with Crippen LogP contribution in [0.1, 0.15) is 53.9 Å². The summed E-state index contributed by atoms with van der Waals surface area (Å²) in [6.45, 7) is 11.2. The Bertz CT molecular complexity index is 287. The van der Waals surface area contributed by atoms with Gasteiger partial charge in [0.15, 0.2) is 0 Å². The lowest BCUT2D eigenvalue weighted by Gasteiger charge is -2.30. The third-order valence-corrected chi connectivity index (χ3v) is 3.21. The van der Waals surface area contributed by atoms with E-state index in [9.17, 15) is 9.59 Å². The molecule has 0 saturated carbocycles. The number of hydrogen-bond donors (Lipinski definition) is 1. The Morgan fingerprint density at radius 2 is 1.74 bits per heavy atom. The van der Waals surface area contributed by atoms with Crippen LogP contribution in [0.15, 0.2) is 0 Å². The average molecular weight is 271 g/mol.